The van der Waals surface area contributed by atoms with E-state index >= 15 is 0 Å². The molecule has 1 fully saturated rings. The van der Waals surface area contributed by atoms with Crippen molar-refractivity contribution < 1.29 is 4.74 Å². The summed E-state index contributed by atoms with van der Waals surface area (Å²) < 4.78 is 5.43. The van der Waals surface area contributed by atoms with Crippen molar-refractivity contribution in [3.05, 3.63) is 11.8 Å². The Hall–Kier alpha value is -1.32. The van der Waals surface area contributed by atoms with Gasteiger partial charge in [-0.05, 0) is 46.5 Å². The smallest absolute Gasteiger partial charge is 0.226 e. The minimum atomic E-state index is 0.0667. The second-order valence-corrected chi connectivity index (χ2v) is 5.23. The van der Waals surface area contributed by atoms with Crippen LogP contribution < -0.4 is 10.1 Å². The zero-order valence-corrected chi connectivity index (χ0v) is 11.1. The second kappa shape index (κ2) is 4.51. The fourth-order valence-corrected chi connectivity index (χ4v) is 2.01. The number of hydrogen-bond acceptors (Lipinski definition) is 4. The Morgan fingerprint density at radius 1 is 1.41 bits per heavy atom. The number of aromatic nitrogens is 2. The van der Waals surface area contributed by atoms with Crippen molar-refractivity contribution in [2.24, 2.45) is 5.92 Å². The highest BCUT2D eigenvalue weighted by atomic mass is 16.5. The number of rotatable bonds is 5. The summed E-state index contributed by atoms with van der Waals surface area (Å²) in [6.07, 6.45) is 2.59. The van der Waals surface area contributed by atoms with Crippen LogP contribution in [0.2, 0.25) is 0 Å². The third kappa shape index (κ3) is 3.08. The van der Waals surface area contributed by atoms with Crippen LogP contribution in [-0.4, -0.2) is 22.1 Å². The lowest BCUT2D eigenvalue weighted by atomic mass is 9.99. The highest BCUT2D eigenvalue weighted by Gasteiger charge is 2.38. The fraction of sp³-hybridized carbons (Fsp3) is 0.692. The van der Waals surface area contributed by atoms with E-state index < -0.39 is 0 Å². The lowest BCUT2D eigenvalue weighted by molar-refractivity contribution is 0.326. The molecule has 17 heavy (non-hydrogen) atoms. The van der Waals surface area contributed by atoms with Crippen LogP contribution >= 0.6 is 0 Å². The molecule has 0 aliphatic heterocycles. The summed E-state index contributed by atoms with van der Waals surface area (Å²) in [5.41, 5.74) is 0.995. The Morgan fingerprint density at radius 2 is 2.12 bits per heavy atom. The molecule has 0 spiro atoms. The molecule has 2 rings (SSSR count). The maximum absolute atomic E-state index is 5.43. The Kier molecular flexibility index (Phi) is 3.22. The van der Waals surface area contributed by atoms with Crippen LogP contribution in [0.25, 0.3) is 0 Å². The quantitative estimate of drug-likeness (QED) is 0.852. The summed E-state index contributed by atoms with van der Waals surface area (Å²) in [7, 11) is 0. The highest BCUT2D eigenvalue weighted by molar-refractivity contribution is 5.34. The fourth-order valence-electron chi connectivity index (χ4n) is 2.01. The summed E-state index contributed by atoms with van der Waals surface area (Å²) in [6, 6.07) is 1.86. The summed E-state index contributed by atoms with van der Waals surface area (Å²) >= 11 is 0. The zero-order chi connectivity index (χ0) is 12.5. The average Bonchev–Trinajstić information content (AvgIpc) is 2.98. The maximum atomic E-state index is 5.43. The molecule has 0 bridgehead atoms. The van der Waals surface area contributed by atoms with Gasteiger partial charge in [0.05, 0.1) is 6.61 Å². The van der Waals surface area contributed by atoms with E-state index in [1.54, 1.807) is 0 Å². The first-order chi connectivity index (χ1) is 8.01. The van der Waals surface area contributed by atoms with Gasteiger partial charge in [0, 0.05) is 17.3 Å². The number of ether oxygens (including phenoxy) is 1. The molecular weight excluding hydrogens is 214 g/mol. The Labute approximate surface area is 103 Å². The summed E-state index contributed by atoms with van der Waals surface area (Å²) in [6.45, 7) is 8.95. The van der Waals surface area contributed by atoms with E-state index in [0.29, 0.717) is 18.4 Å². The van der Waals surface area contributed by atoms with E-state index in [1.807, 2.05) is 19.9 Å². The van der Waals surface area contributed by atoms with Crippen molar-refractivity contribution in [2.45, 2.75) is 46.1 Å². The van der Waals surface area contributed by atoms with Crippen molar-refractivity contribution >= 4 is 5.95 Å². The highest BCUT2D eigenvalue weighted by Crippen LogP contribution is 2.40. The van der Waals surface area contributed by atoms with Crippen LogP contribution in [-0.2, 0) is 0 Å². The molecule has 0 unspecified atom stereocenters. The molecule has 1 aliphatic rings. The van der Waals surface area contributed by atoms with Crippen molar-refractivity contribution in [3.63, 3.8) is 0 Å². The second-order valence-electron chi connectivity index (χ2n) is 5.23. The Balaban J connectivity index is 2.14. The first-order valence-electron chi connectivity index (χ1n) is 6.28. The monoisotopic (exact) mass is 235 g/mol. The first kappa shape index (κ1) is 12.1. The van der Waals surface area contributed by atoms with E-state index in [2.05, 4.69) is 29.1 Å². The molecule has 0 radical (unpaired) electrons. The number of aryl methyl sites for hydroxylation is 1. The Bertz CT molecular complexity index is 400. The van der Waals surface area contributed by atoms with Crippen LogP contribution in [0.15, 0.2) is 6.07 Å². The van der Waals surface area contributed by atoms with Crippen LogP contribution in [0.5, 0.6) is 5.88 Å². The van der Waals surface area contributed by atoms with E-state index in [9.17, 15) is 0 Å². The molecule has 0 saturated heterocycles. The number of anilines is 1. The average molecular weight is 235 g/mol. The van der Waals surface area contributed by atoms with Gasteiger partial charge in [0.15, 0.2) is 0 Å². The third-order valence-corrected chi connectivity index (χ3v) is 3.15. The predicted octanol–water partition coefficient (Wildman–Crippen LogP) is 2.78. The number of nitrogens with one attached hydrogen (secondary N) is 1. The molecule has 1 saturated carbocycles. The van der Waals surface area contributed by atoms with Gasteiger partial charge in [-0.15, -0.1) is 0 Å². The van der Waals surface area contributed by atoms with Gasteiger partial charge >= 0.3 is 0 Å². The normalized spacial score (nSPS) is 15.8. The summed E-state index contributed by atoms with van der Waals surface area (Å²) in [5, 5.41) is 3.42. The minimum Gasteiger partial charge on any atom is -0.478 e. The molecule has 1 heterocycles. The van der Waals surface area contributed by atoms with Gasteiger partial charge in [0.2, 0.25) is 11.8 Å². The van der Waals surface area contributed by atoms with Gasteiger partial charge in [0.25, 0.3) is 0 Å². The molecule has 1 aliphatic carbocycles. The topological polar surface area (TPSA) is 47.0 Å². The molecule has 4 heteroatoms. The van der Waals surface area contributed by atoms with Gasteiger partial charge in [-0.2, -0.15) is 4.98 Å². The largest absolute Gasteiger partial charge is 0.478 e. The van der Waals surface area contributed by atoms with Crippen molar-refractivity contribution in [2.75, 3.05) is 11.9 Å². The zero-order valence-electron chi connectivity index (χ0n) is 11.1. The van der Waals surface area contributed by atoms with E-state index in [4.69, 9.17) is 4.74 Å². The lowest BCUT2D eigenvalue weighted by Gasteiger charge is -2.26. The molecule has 0 amide bonds. The molecule has 0 atom stereocenters. The molecular formula is C13H21N3O. The maximum Gasteiger partial charge on any atom is 0.226 e. The molecule has 0 aromatic carbocycles. The van der Waals surface area contributed by atoms with Crippen LogP contribution in [0.3, 0.4) is 0 Å². The molecule has 1 N–H and O–H groups in total. The van der Waals surface area contributed by atoms with Gasteiger partial charge in [0.1, 0.15) is 0 Å². The van der Waals surface area contributed by atoms with Crippen LogP contribution in [0, 0.1) is 12.8 Å². The SMILES string of the molecule is CCOc1cc(C)nc(NC(C)(C)C2CC2)n1. The van der Waals surface area contributed by atoms with Crippen molar-refractivity contribution in [3.8, 4) is 5.88 Å². The molecule has 4 nitrogen and oxygen atoms in total. The molecule has 1 aromatic heterocycles. The van der Waals surface area contributed by atoms with E-state index in [0.717, 1.165) is 11.6 Å². The van der Waals surface area contributed by atoms with Crippen LogP contribution in [0.4, 0.5) is 5.95 Å². The number of hydrogen-bond donors (Lipinski definition) is 1. The predicted molar refractivity (Wildman–Crippen MR) is 68.4 cm³/mol. The van der Waals surface area contributed by atoms with Gasteiger partial charge in [-0.25, -0.2) is 4.98 Å². The van der Waals surface area contributed by atoms with Crippen LogP contribution in [0.1, 0.15) is 39.3 Å². The summed E-state index contributed by atoms with van der Waals surface area (Å²) in [5.74, 6) is 2.06. The Morgan fingerprint density at radius 3 is 2.71 bits per heavy atom. The first-order valence-corrected chi connectivity index (χ1v) is 6.28. The lowest BCUT2D eigenvalue weighted by Crippen LogP contribution is -2.34. The van der Waals surface area contributed by atoms with Crippen molar-refractivity contribution in [1.82, 2.24) is 9.97 Å². The molecule has 94 valence electrons. The standard InChI is InChI=1S/C13H21N3O/c1-5-17-11-8-9(2)14-12(15-11)16-13(3,4)10-6-7-10/h8,10H,5-7H2,1-4H3,(H,14,15,16). The van der Waals surface area contributed by atoms with E-state index in [-0.39, 0.29) is 5.54 Å². The summed E-state index contributed by atoms with van der Waals surface area (Å²) in [4.78, 5) is 8.78. The third-order valence-electron chi connectivity index (χ3n) is 3.15. The van der Waals surface area contributed by atoms with E-state index in [1.165, 1.54) is 12.8 Å². The van der Waals surface area contributed by atoms with Gasteiger partial charge < -0.3 is 10.1 Å². The minimum absolute atomic E-state index is 0.0667. The van der Waals surface area contributed by atoms with Gasteiger partial charge in [-0.3, -0.25) is 0 Å². The van der Waals surface area contributed by atoms with Crippen molar-refractivity contribution in [1.29, 1.82) is 0 Å². The number of nitrogens with zero attached hydrogens (tertiary/aromatic N) is 2. The molecule has 1 aromatic rings. The van der Waals surface area contributed by atoms with Gasteiger partial charge in [-0.1, -0.05) is 0 Å².